The Morgan fingerprint density at radius 2 is 1.55 bits per heavy atom. The average molecular weight is 654 g/mol. The summed E-state index contributed by atoms with van der Waals surface area (Å²) in [7, 11) is -5.54. The maximum absolute atomic E-state index is 11.7. The van der Waals surface area contributed by atoms with Crippen LogP contribution in [0.4, 0.5) is 0 Å². The highest BCUT2D eigenvalue weighted by molar-refractivity contribution is 8.14. The zero-order valence-corrected chi connectivity index (χ0v) is 31.5. The summed E-state index contributed by atoms with van der Waals surface area (Å²) in [5.74, 6) is 0.989. The van der Waals surface area contributed by atoms with E-state index in [1.807, 2.05) is 30.3 Å². The highest BCUT2D eigenvalue weighted by Gasteiger charge is 2.53. The van der Waals surface area contributed by atoms with Crippen LogP contribution in [0.3, 0.4) is 0 Å². The van der Waals surface area contributed by atoms with E-state index in [4.69, 9.17) is 27.7 Å². The van der Waals surface area contributed by atoms with Crippen molar-refractivity contribution < 1.29 is 27.9 Å². The van der Waals surface area contributed by atoms with Crippen molar-refractivity contribution in [2.75, 3.05) is 12.4 Å². The molecule has 9 atom stereocenters. The Bertz CT molecular complexity index is 1080. The second-order valence-corrected chi connectivity index (χ2v) is 29.8. The second kappa shape index (κ2) is 13.2. The number of aliphatic imine (C=N–C) groups is 1. The van der Waals surface area contributed by atoms with E-state index >= 15 is 0 Å². The summed E-state index contributed by atoms with van der Waals surface area (Å²) in [6.45, 7) is 25.1. The maximum Gasteiger partial charge on any atom is 0.184 e. The Kier molecular flexibility index (Phi) is 10.8. The van der Waals surface area contributed by atoms with Crippen molar-refractivity contribution in [2.45, 2.75) is 128 Å². The molecular formula is C31H55NO6SSi3. The van der Waals surface area contributed by atoms with Crippen LogP contribution in [0.2, 0.25) is 58.9 Å². The predicted molar refractivity (Wildman–Crippen MR) is 181 cm³/mol. The van der Waals surface area contributed by atoms with Crippen LogP contribution in [0.25, 0.3) is 0 Å². The van der Waals surface area contributed by atoms with Crippen LogP contribution >= 0.6 is 11.8 Å². The van der Waals surface area contributed by atoms with Gasteiger partial charge in [-0.25, -0.2) is 4.99 Å². The number of nitrogens with zero attached hydrogens (tertiary/aromatic N) is 1. The van der Waals surface area contributed by atoms with Crippen LogP contribution in [-0.2, 0) is 22.8 Å². The lowest BCUT2D eigenvalue weighted by Crippen LogP contribution is -2.59. The zero-order chi connectivity index (χ0) is 31.1. The minimum absolute atomic E-state index is 0.117. The van der Waals surface area contributed by atoms with Gasteiger partial charge in [-0.15, -0.1) is 11.8 Å². The molecule has 1 aromatic carbocycles. The van der Waals surface area contributed by atoms with Crippen molar-refractivity contribution in [2.24, 2.45) is 16.8 Å². The molecule has 7 nitrogen and oxygen atoms in total. The van der Waals surface area contributed by atoms with Crippen LogP contribution in [0.5, 0.6) is 0 Å². The number of epoxide rings is 1. The van der Waals surface area contributed by atoms with Gasteiger partial charge in [0, 0.05) is 35.7 Å². The SMILES string of the molecule is C[C@H]([C@@H]1O[C@H]1C[C@H]1CO[C@@H](CC2(O)CSC(c3ccccc3)=N2)[C@H](O[Si](C)(C)C)[C@@H]1O[Si](C)(C)C)[C@H](C)O[Si](C)(C)C. The molecule has 3 aliphatic heterocycles. The summed E-state index contributed by atoms with van der Waals surface area (Å²) in [6.07, 6.45) is 1.10. The Morgan fingerprint density at radius 3 is 2.14 bits per heavy atom. The molecule has 4 rings (SSSR count). The highest BCUT2D eigenvalue weighted by atomic mass is 32.2. The topological polar surface area (TPSA) is 82.0 Å². The lowest BCUT2D eigenvalue weighted by Gasteiger charge is -2.48. The van der Waals surface area contributed by atoms with Gasteiger partial charge < -0.3 is 27.9 Å². The number of ether oxygens (including phenoxy) is 2. The van der Waals surface area contributed by atoms with Gasteiger partial charge in [0.15, 0.2) is 30.7 Å². The van der Waals surface area contributed by atoms with E-state index in [0.717, 1.165) is 17.0 Å². The Hall–Kier alpha value is -0.349. The quantitative estimate of drug-likeness (QED) is 0.186. The molecule has 0 aliphatic carbocycles. The standard InChI is InChI=1S/C31H55NO6SSi3/c1-21(22(2)36-40(3,4)5)27-25(35-27)17-24-19-34-26(29(38-42(9,10)11)28(24)37-41(6,7)8)18-31(33)20-39-30(32-31)23-15-13-12-14-16-23/h12-16,21-22,24-29,33H,17-20H2,1-11H3/t21-,22-,24-,25-,26-,27-,28+,29-,31?/m0/s1. The zero-order valence-electron chi connectivity index (χ0n) is 27.7. The van der Waals surface area contributed by atoms with Crippen molar-refractivity contribution >= 4 is 41.8 Å². The molecule has 0 aromatic heterocycles. The van der Waals surface area contributed by atoms with E-state index < -0.39 is 30.7 Å². The Labute approximate surface area is 261 Å². The minimum Gasteiger partial charge on any atom is -0.415 e. The van der Waals surface area contributed by atoms with Gasteiger partial charge in [-0.05, 0) is 72.3 Å². The molecule has 1 N–H and O–H groups in total. The van der Waals surface area contributed by atoms with E-state index in [2.05, 4.69) is 72.8 Å². The first kappa shape index (κ1) is 34.5. The molecule has 0 bridgehead atoms. The number of aliphatic hydroxyl groups is 1. The fraction of sp³-hybridized carbons (Fsp3) is 0.774. The molecule has 238 valence electrons. The first-order valence-corrected chi connectivity index (χ1v) is 26.8. The van der Waals surface area contributed by atoms with Crippen molar-refractivity contribution in [3.05, 3.63) is 35.9 Å². The maximum atomic E-state index is 11.7. The molecule has 0 saturated carbocycles. The summed E-state index contributed by atoms with van der Waals surface area (Å²) in [5, 5.41) is 12.5. The molecule has 0 radical (unpaired) electrons. The largest absolute Gasteiger partial charge is 0.415 e. The lowest BCUT2D eigenvalue weighted by molar-refractivity contribution is -0.168. The molecule has 2 fully saturated rings. The second-order valence-electron chi connectivity index (χ2n) is 15.4. The average Bonchev–Trinajstić information content (AvgIpc) is 3.51. The Morgan fingerprint density at radius 1 is 0.929 bits per heavy atom. The van der Waals surface area contributed by atoms with Gasteiger partial charge in [0.25, 0.3) is 0 Å². The fourth-order valence-electron chi connectivity index (χ4n) is 6.05. The summed E-state index contributed by atoms with van der Waals surface area (Å²) < 4.78 is 33.2. The van der Waals surface area contributed by atoms with Gasteiger partial charge in [0.2, 0.25) is 0 Å². The van der Waals surface area contributed by atoms with Gasteiger partial charge >= 0.3 is 0 Å². The van der Waals surface area contributed by atoms with E-state index in [1.165, 1.54) is 0 Å². The van der Waals surface area contributed by atoms with Crippen molar-refractivity contribution in [1.29, 1.82) is 0 Å². The summed E-state index contributed by atoms with van der Waals surface area (Å²) in [5.41, 5.74) is -0.166. The summed E-state index contributed by atoms with van der Waals surface area (Å²) in [4.78, 5) is 4.81. The number of benzene rings is 1. The van der Waals surface area contributed by atoms with Crippen LogP contribution in [0.15, 0.2) is 35.3 Å². The van der Waals surface area contributed by atoms with E-state index in [0.29, 0.717) is 24.7 Å². The van der Waals surface area contributed by atoms with Crippen LogP contribution in [-0.4, -0.2) is 89.8 Å². The van der Waals surface area contributed by atoms with Crippen LogP contribution in [0.1, 0.15) is 32.3 Å². The normalized spacial score (nSPS) is 33.8. The van der Waals surface area contributed by atoms with Gasteiger partial charge in [-0.3, -0.25) is 0 Å². The molecule has 3 heterocycles. The smallest absolute Gasteiger partial charge is 0.184 e. The number of hydrogen-bond donors (Lipinski definition) is 1. The third kappa shape index (κ3) is 9.82. The van der Waals surface area contributed by atoms with Gasteiger partial charge in [0.1, 0.15) is 5.04 Å². The first-order chi connectivity index (χ1) is 19.3. The molecule has 3 aliphatic rings. The van der Waals surface area contributed by atoms with Crippen LogP contribution < -0.4 is 0 Å². The summed E-state index contributed by atoms with van der Waals surface area (Å²) >= 11 is 1.61. The molecule has 1 aromatic rings. The first-order valence-electron chi connectivity index (χ1n) is 15.6. The molecule has 1 unspecified atom stereocenters. The van der Waals surface area contributed by atoms with Crippen molar-refractivity contribution in [3.8, 4) is 0 Å². The third-order valence-corrected chi connectivity index (χ3v) is 12.2. The van der Waals surface area contributed by atoms with Gasteiger partial charge in [-0.2, -0.15) is 0 Å². The molecule has 0 spiro atoms. The number of rotatable bonds is 13. The van der Waals surface area contributed by atoms with E-state index in [-0.39, 0.29) is 42.5 Å². The molecular weight excluding hydrogens is 599 g/mol. The number of thioether (sulfide) groups is 1. The lowest BCUT2D eigenvalue weighted by atomic mass is 9.85. The minimum atomic E-state index is -1.98. The Balaban J connectivity index is 1.51. The number of hydrogen-bond acceptors (Lipinski definition) is 8. The molecule has 0 amide bonds. The molecule has 2 saturated heterocycles. The monoisotopic (exact) mass is 653 g/mol. The fourth-order valence-corrected chi connectivity index (χ4v) is 10.7. The van der Waals surface area contributed by atoms with Crippen molar-refractivity contribution in [3.63, 3.8) is 0 Å². The van der Waals surface area contributed by atoms with Crippen molar-refractivity contribution in [1.82, 2.24) is 0 Å². The molecule has 11 heteroatoms. The third-order valence-electron chi connectivity index (χ3n) is 7.91. The van der Waals surface area contributed by atoms with Crippen LogP contribution in [0, 0.1) is 11.8 Å². The van der Waals surface area contributed by atoms with E-state index in [9.17, 15) is 5.11 Å². The van der Waals surface area contributed by atoms with Gasteiger partial charge in [-0.1, -0.05) is 37.3 Å². The predicted octanol–water partition coefficient (Wildman–Crippen LogP) is 6.75. The highest BCUT2D eigenvalue weighted by Crippen LogP contribution is 2.43. The van der Waals surface area contributed by atoms with E-state index in [1.54, 1.807) is 11.8 Å². The van der Waals surface area contributed by atoms with Gasteiger partial charge in [0.05, 0.1) is 37.1 Å². The summed E-state index contributed by atoms with van der Waals surface area (Å²) in [6, 6.07) is 10.1. The molecule has 42 heavy (non-hydrogen) atoms.